The Morgan fingerprint density at radius 1 is 1.15 bits per heavy atom. The lowest BCUT2D eigenvalue weighted by molar-refractivity contribution is -0.142. The Bertz CT molecular complexity index is 884. The number of nitrogens with one attached hydrogen (secondary N) is 1. The van der Waals surface area contributed by atoms with Gasteiger partial charge >= 0.3 is 5.97 Å². The molecule has 8 heteroatoms. The minimum atomic E-state index is -0.807. The van der Waals surface area contributed by atoms with E-state index in [-0.39, 0.29) is 5.71 Å². The second-order valence-electron chi connectivity index (χ2n) is 6.02. The summed E-state index contributed by atoms with van der Waals surface area (Å²) in [5.41, 5.74) is 1.33. The number of carbonyl (C=O) groups is 2. The van der Waals surface area contributed by atoms with Gasteiger partial charge in [0.05, 0.1) is 12.8 Å². The molecule has 0 fully saturated rings. The van der Waals surface area contributed by atoms with Crippen molar-refractivity contribution in [3.63, 3.8) is 0 Å². The average molecular weight is 481 g/mol. The van der Waals surface area contributed by atoms with Crippen molar-refractivity contribution < 1.29 is 18.7 Å². The van der Waals surface area contributed by atoms with Crippen molar-refractivity contribution in [1.29, 1.82) is 0 Å². The number of hydrogen-bond acceptors (Lipinski definition) is 5. The van der Waals surface area contributed by atoms with E-state index in [1.165, 1.54) is 36.4 Å². The molecule has 0 radical (unpaired) electrons. The number of benzene rings is 2. The molecule has 140 valence electrons. The fourth-order valence-electron chi connectivity index (χ4n) is 2.85. The van der Waals surface area contributed by atoms with Crippen LogP contribution in [0.4, 0.5) is 15.8 Å². The minimum absolute atomic E-state index is 0.202. The number of methoxy groups -OCH3 is 1. The molecular formula is C19H17FIN3O3. The van der Waals surface area contributed by atoms with Crippen LogP contribution >= 0.6 is 22.6 Å². The summed E-state index contributed by atoms with van der Waals surface area (Å²) in [4.78, 5) is 25.0. The van der Waals surface area contributed by atoms with Gasteiger partial charge in [0.1, 0.15) is 11.5 Å². The number of ether oxygens (including phenoxy) is 1. The van der Waals surface area contributed by atoms with Crippen LogP contribution in [0.3, 0.4) is 0 Å². The molecule has 27 heavy (non-hydrogen) atoms. The summed E-state index contributed by atoms with van der Waals surface area (Å²) in [5, 5.41) is 8.54. The molecule has 0 bridgehead atoms. The van der Waals surface area contributed by atoms with Crippen molar-refractivity contribution in [3.05, 3.63) is 57.9 Å². The highest BCUT2D eigenvalue weighted by Gasteiger charge is 2.43. The lowest BCUT2D eigenvalue weighted by Crippen LogP contribution is -2.41. The molecule has 3 rings (SSSR count). The molecular weight excluding hydrogens is 464 g/mol. The van der Waals surface area contributed by atoms with E-state index in [1.54, 1.807) is 19.1 Å². The van der Waals surface area contributed by atoms with Gasteiger partial charge in [-0.3, -0.25) is 9.80 Å². The summed E-state index contributed by atoms with van der Waals surface area (Å²) >= 11 is 2.18. The molecule has 2 unspecified atom stereocenters. The maximum atomic E-state index is 13.2. The maximum Gasteiger partial charge on any atom is 0.331 e. The summed E-state index contributed by atoms with van der Waals surface area (Å²) in [7, 11) is 1.28. The molecule has 2 atom stereocenters. The molecule has 1 aliphatic heterocycles. The van der Waals surface area contributed by atoms with E-state index in [4.69, 9.17) is 4.74 Å². The van der Waals surface area contributed by atoms with E-state index in [0.717, 1.165) is 3.57 Å². The number of rotatable bonds is 4. The van der Waals surface area contributed by atoms with Crippen LogP contribution in [-0.4, -0.2) is 30.7 Å². The first-order valence-corrected chi connectivity index (χ1v) is 9.26. The highest BCUT2D eigenvalue weighted by atomic mass is 127. The third-order valence-electron chi connectivity index (χ3n) is 4.25. The van der Waals surface area contributed by atoms with Crippen molar-refractivity contribution in [2.45, 2.75) is 13.0 Å². The van der Waals surface area contributed by atoms with Crippen LogP contribution in [-0.2, 0) is 14.3 Å². The molecule has 0 saturated heterocycles. The molecule has 0 saturated carbocycles. The molecule has 2 aromatic carbocycles. The fraction of sp³-hybridized carbons (Fsp3) is 0.211. The number of nitrogens with zero attached hydrogens (tertiary/aromatic N) is 2. The van der Waals surface area contributed by atoms with Crippen LogP contribution in [0.5, 0.6) is 0 Å². The highest BCUT2D eigenvalue weighted by Crippen LogP contribution is 2.30. The average Bonchev–Trinajstić information content (AvgIpc) is 3.01. The Morgan fingerprint density at radius 2 is 1.78 bits per heavy atom. The second kappa shape index (κ2) is 8.03. The molecule has 1 amide bonds. The number of carbonyl (C=O) groups excluding carboxylic acids is 2. The first kappa shape index (κ1) is 19.3. The standard InChI is InChI=1S/C19H17FIN3O3/c1-11-16(18(25)22-14-7-5-13(21)6-8-14)23-24(17(11)19(26)27-2)15-9-3-12(20)4-10-15/h3-11,17H,1-2H3,(H,22,25). The Hall–Kier alpha value is -2.49. The zero-order chi connectivity index (χ0) is 19.6. The van der Waals surface area contributed by atoms with Gasteiger partial charge in [0.25, 0.3) is 5.91 Å². The zero-order valence-corrected chi connectivity index (χ0v) is 16.8. The monoisotopic (exact) mass is 481 g/mol. The van der Waals surface area contributed by atoms with Gasteiger partial charge in [-0.25, -0.2) is 9.18 Å². The Balaban J connectivity index is 1.90. The maximum absolute atomic E-state index is 13.2. The smallest absolute Gasteiger partial charge is 0.331 e. The highest BCUT2D eigenvalue weighted by molar-refractivity contribution is 14.1. The Labute approximate surface area is 169 Å². The molecule has 0 aliphatic carbocycles. The predicted molar refractivity (Wildman–Crippen MR) is 109 cm³/mol. The van der Waals surface area contributed by atoms with Crippen molar-refractivity contribution in [2.24, 2.45) is 11.0 Å². The molecule has 0 spiro atoms. The van der Waals surface area contributed by atoms with Gasteiger partial charge in [0.2, 0.25) is 0 Å². The second-order valence-corrected chi connectivity index (χ2v) is 7.27. The minimum Gasteiger partial charge on any atom is -0.467 e. The third-order valence-corrected chi connectivity index (χ3v) is 4.97. The van der Waals surface area contributed by atoms with Crippen LogP contribution in [0.15, 0.2) is 53.6 Å². The first-order valence-electron chi connectivity index (χ1n) is 8.18. The van der Waals surface area contributed by atoms with Gasteiger partial charge in [0, 0.05) is 15.2 Å². The van der Waals surface area contributed by atoms with Crippen molar-refractivity contribution >= 4 is 51.6 Å². The zero-order valence-electron chi connectivity index (χ0n) is 14.6. The fourth-order valence-corrected chi connectivity index (χ4v) is 3.21. The molecule has 0 aromatic heterocycles. The van der Waals surface area contributed by atoms with E-state index in [1.807, 2.05) is 12.1 Å². The third kappa shape index (κ3) is 4.10. The van der Waals surface area contributed by atoms with Crippen LogP contribution < -0.4 is 10.3 Å². The van der Waals surface area contributed by atoms with E-state index in [9.17, 15) is 14.0 Å². The van der Waals surface area contributed by atoms with Gasteiger partial charge in [-0.15, -0.1) is 0 Å². The number of hydrogen-bond donors (Lipinski definition) is 1. The normalized spacial score (nSPS) is 18.8. The van der Waals surface area contributed by atoms with Gasteiger partial charge in [-0.05, 0) is 71.1 Å². The summed E-state index contributed by atoms with van der Waals surface area (Å²) in [6.07, 6.45) is 0. The van der Waals surface area contributed by atoms with Crippen molar-refractivity contribution in [3.8, 4) is 0 Å². The number of hydrazone groups is 1. The van der Waals surface area contributed by atoms with Crippen LogP contribution in [0, 0.1) is 15.3 Å². The molecule has 2 aromatic rings. The van der Waals surface area contributed by atoms with Gasteiger partial charge in [-0.2, -0.15) is 5.10 Å². The predicted octanol–water partition coefficient (Wildman–Crippen LogP) is 3.42. The number of anilines is 2. The molecule has 1 aliphatic rings. The van der Waals surface area contributed by atoms with E-state index in [2.05, 4.69) is 33.0 Å². The SMILES string of the molecule is COC(=O)C1C(C)C(C(=O)Nc2ccc(I)cc2)=NN1c1ccc(F)cc1. The quantitative estimate of drug-likeness (QED) is 0.537. The van der Waals surface area contributed by atoms with Gasteiger partial charge < -0.3 is 10.1 Å². The van der Waals surface area contributed by atoms with Crippen LogP contribution in [0.2, 0.25) is 0 Å². The van der Waals surface area contributed by atoms with E-state index in [0.29, 0.717) is 11.4 Å². The van der Waals surface area contributed by atoms with E-state index >= 15 is 0 Å². The van der Waals surface area contributed by atoms with Crippen LogP contribution in [0.1, 0.15) is 6.92 Å². The Morgan fingerprint density at radius 3 is 2.37 bits per heavy atom. The lowest BCUT2D eigenvalue weighted by atomic mass is 9.96. The molecule has 1 N–H and O–H groups in total. The van der Waals surface area contributed by atoms with Crippen molar-refractivity contribution in [1.82, 2.24) is 0 Å². The number of amides is 1. The molecule has 6 nitrogen and oxygen atoms in total. The first-order chi connectivity index (χ1) is 12.9. The number of esters is 1. The van der Waals surface area contributed by atoms with Gasteiger partial charge in [0.15, 0.2) is 6.04 Å². The molecule has 1 heterocycles. The summed E-state index contributed by atoms with van der Waals surface area (Å²) < 4.78 is 19.2. The lowest BCUT2D eigenvalue weighted by Gasteiger charge is -2.23. The summed E-state index contributed by atoms with van der Waals surface area (Å²) in [5.74, 6) is -1.83. The van der Waals surface area contributed by atoms with Crippen molar-refractivity contribution in [2.75, 3.05) is 17.4 Å². The largest absolute Gasteiger partial charge is 0.467 e. The van der Waals surface area contributed by atoms with Crippen LogP contribution in [0.25, 0.3) is 0 Å². The topological polar surface area (TPSA) is 71.0 Å². The Kier molecular flexibility index (Phi) is 5.73. The number of halogens is 2. The van der Waals surface area contributed by atoms with E-state index < -0.39 is 29.7 Å². The summed E-state index contributed by atoms with van der Waals surface area (Å²) in [6, 6.07) is 12.1. The van der Waals surface area contributed by atoms with Gasteiger partial charge in [-0.1, -0.05) is 6.92 Å². The summed E-state index contributed by atoms with van der Waals surface area (Å²) in [6.45, 7) is 1.73.